The number of pyridine rings is 1. The van der Waals surface area contributed by atoms with E-state index in [1.165, 1.54) is 30.0 Å². The van der Waals surface area contributed by atoms with Gasteiger partial charge in [-0.15, -0.1) is 0 Å². The maximum absolute atomic E-state index is 15.2. The number of H-pyrrole nitrogens is 1. The number of aromatic amines is 1. The summed E-state index contributed by atoms with van der Waals surface area (Å²) in [4.78, 5) is 35.4. The number of rotatable bonds is 9. The van der Waals surface area contributed by atoms with E-state index in [0.29, 0.717) is 29.8 Å². The molecule has 2 N–H and O–H groups in total. The minimum absolute atomic E-state index is 0.121. The van der Waals surface area contributed by atoms with Crippen molar-refractivity contribution in [3.63, 3.8) is 0 Å². The lowest BCUT2D eigenvalue weighted by Gasteiger charge is -2.32. The van der Waals surface area contributed by atoms with Crippen molar-refractivity contribution in [2.75, 3.05) is 37.0 Å². The van der Waals surface area contributed by atoms with Gasteiger partial charge in [0, 0.05) is 32.4 Å². The Labute approximate surface area is 224 Å². The van der Waals surface area contributed by atoms with Crippen LogP contribution in [0.5, 0.6) is 5.75 Å². The van der Waals surface area contributed by atoms with Gasteiger partial charge in [0.2, 0.25) is 0 Å². The molecule has 1 fully saturated rings. The number of aryl methyl sites for hydroxylation is 1. The van der Waals surface area contributed by atoms with Gasteiger partial charge in [0.1, 0.15) is 11.4 Å². The summed E-state index contributed by atoms with van der Waals surface area (Å²) in [5, 5.41) is 8.48. The third kappa shape index (κ3) is 5.33. The first kappa shape index (κ1) is 27.1. The summed E-state index contributed by atoms with van der Waals surface area (Å²) in [5.41, 5.74) is -3.32. The smallest absolute Gasteiger partial charge is 0.423 e. The number of anilines is 2. The van der Waals surface area contributed by atoms with Crippen LogP contribution in [0.1, 0.15) is 24.8 Å². The normalized spacial score (nSPS) is 13.4. The highest BCUT2D eigenvalue weighted by Gasteiger charge is 2.37. The highest BCUT2D eigenvalue weighted by atomic mass is 19.4. The first-order valence-corrected chi connectivity index (χ1v) is 12.5. The molecule has 1 aromatic carbocycles. The van der Waals surface area contributed by atoms with Crippen LogP contribution in [0.4, 0.5) is 29.1 Å². The molecule has 3 aromatic heterocycles. The van der Waals surface area contributed by atoms with E-state index in [1.807, 2.05) is 4.90 Å². The molecule has 210 valence electrons. The summed E-state index contributed by atoms with van der Waals surface area (Å²) in [6.45, 7) is 2.02. The average molecular weight is 560 g/mol. The molecule has 0 unspecified atom stereocenters. The van der Waals surface area contributed by atoms with Crippen LogP contribution in [-0.4, -0.2) is 51.5 Å². The van der Waals surface area contributed by atoms with E-state index in [2.05, 4.69) is 20.4 Å². The summed E-state index contributed by atoms with van der Waals surface area (Å²) in [7, 11) is 1.52. The molecule has 0 atom stereocenters. The Bertz CT molecular complexity index is 1670. The van der Waals surface area contributed by atoms with Gasteiger partial charge in [-0.05, 0) is 42.8 Å². The summed E-state index contributed by atoms with van der Waals surface area (Å²) >= 11 is 0. The van der Waals surface area contributed by atoms with Crippen molar-refractivity contribution in [2.24, 2.45) is 0 Å². The zero-order valence-corrected chi connectivity index (χ0v) is 21.4. The van der Waals surface area contributed by atoms with Gasteiger partial charge < -0.3 is 19.5 Å². The van der Waals surface area contributed by atoms with E-state index in [9.17, 15) is 22.8 Å². The Hall–Kier alpha value is -4.49. The van der Waals surface area contributed by atoms with Crippen LogP contribution in [-0.2, 0) is 12.7 Å². The van der Waals surface area contributed by atoms with Gasteiger partial charge in [-0.2, -0.15) is 18.3 Å². The van der Waals surface area contributed by atoms with Crippen LogP contribution in [0.3, 0.4) is 0 Å². The fourth-order valence-corrected chi connectivity index (χ4v) is 4.49. The Balaban J connectivity index is 1.29. The predicted octanol–water partition coefficient (Wildman–Crippen LogP) is 3.81. The van der Waals surface area contributed by atoms with Crippen LogP contribution in [0.2, 0.25) is 0 Å². The molecule has 0 radical (unpaired) electrons. The van der Waals surface area contributed by atoms with Crippen LogP contribution in [0, 0.1) is 5.82 Å². The lowest BCUT2D eigenvalue weighted by atomic mass is 10.1. The van der Waals surface area contributed by atoms with Crippen LogP contribution in [0.25, 0.3) is 22.2 Å². The zero-order chi connectivity index (χ0) is 28.4. The molecule has 5 rings (SSSR count). The van der Waals surface area contributed by atoms with Gasteiger partial charge in [0.25, 0.3) is 11.1 Å². The number of ether oxygens (including phenoxy) is 1. The summed E-state index contributed by atoms with van der Waals surface area (Å²) < 4.78 is 61.4. The molecular weight excluding hydrogens is 534 g/mol. The van der Waals surface area contributed by atoms with Crippen molar-refractivity contribution in [3.05, 3.63) is 68.9 Å². The number of nitrogens with one attached hydrogen (secondary N) is 2. The van der Waals surface area contributed by atoms with Crippen LogP contribution in [0.15, 0.2) is 46.4 Å². The number of alkyl halides is 3. The molecule has 1 saturated heterocycles. The quantitative estimate of drug-likeness (QED) is 0.235. The Morgan fingerprint density at radius 1 is 1.15 bits per heavy atom. The topological polar surface area (TPSA) is 118 Å². The number of methoxy groups -OCH3 is 1. The maximum Gasteiger partial charge on any atom is 0.423 e. The summed E-state index contributed by atoms with van der Waals surface area (Å²) in [6, 6.07) is 4.39. The molecular formula is C26H25F4N7O3. The fraction of sp³-hybridized carbons (Fsp3) is 0.346. The Morgan fingerprint density at radius 3 is 2.65 bits per heavy atom. The second-order valence-corrected chi connectivity index (χ2v) is 9.28. The largest absolute Gasteiger partial charge is 0.491 e. The molecule has 4 aromatic rings. The lowest BCUT2D eigenvalue weighted by molar-refractivity contribution is -0.138. The molecule has 4 heterocycles. The van der Waals surface area contributed by atoms with Gasteiger partial charge in [-0.3, -0.25) is 9.59 Å². The molecule has 0 spiro atoms. The number of aromatic nitrogens is 5. The van der Waals surface area contributed by atoms with Crippen molar-refractivity contribution >= 4 is 22.3 Å². The van der Waals surface area contributed by atoms with Crippen molar-refractivity contribution in [1.29, 1.82) is 0 Å². The van der Waals surface area contributed by atoms with E-state index in [-0.39, 0.29) is 29.9 Å². The van der Waals surface area contributed by atoms with Crippen LogP contribution < -0.4 is 26.1 Å². The molecule has 10 nitrogen and oxygen atoms in total. The molecule has 0 bridgehead atoms. The van der Waals surface area contributed by atoms with E-state index in [1.54, 1.807) is 17.4 Å². The standard InChI is InChI=1S/C26H25F4N7O3/c1-40-20-14-32-22(34-23(20)36-8-4-9-36)17-11-15-5-10-37(25(39)16(15)12-18(17)27)7-3-2-6-31-19-13-33-35-24(38)21(19)26(28,29)30/h5,10-14H,2-4,6-9H2,1H3,(H2,31,35,38). The molecule has 14 heteroatoms. The fourth-order valence-electron chi connectivity index (χ4n) is 4.49. The van der Waals surface area contributed by atoms with Crippen molar-refractivity contribution in [3.8, 4) is 17.1 Å². The van der Waals surface area contributed by atoms with Gasteiger partial charge >= 0.3 is 6.18 Å². The van der Waals surface area contributed by atoms with Gasteiger partial charge in [-0.1, -0.05) is 0 Å². The number of nitrogens with zero attached hydrogens (tertiary/aromatic N) is 5. The van der Waals surface area contributed by atoms with E-state index in [0.717, 1.165) is 25.7 Å². The average Bonchev–Trinajstić information content (AvgIpc) is 2.88. The summed E-state index contributed by atoms with van der Waals surface area (Å²) in [6.07, 6.45) is 1.03. The number of unbranched alkanes of at least 4 members (excludes halogenated alkanes) is 1. The third-order valence-corrected chi connectivity index (χ3v) is 6.70. The summed E-state index contributed by atoms with van der Waals surface area (Å²) in [5.74, 6) is 0.631. The van der Waals surface area contributed by atoms with Gasteiger partial charge in [-0.25, -0.2) is 19.5 Å². The van der Waals surface area contributed by atoms with Gasteiger partial charge in [0.15, 0.2) is 17.4 Å². The van der Waals surface area contributed by atoms with E-state index in [4.69, 9.17) is 4.74 Å². The monoisotopic (exact) mass is 559 g/mol. The van der Waals surface area contributed by atoms with Crippen molar-refractivity contribution in [2.45, 2.75) is 32.0 Å². The number of hydrogen-bond donors (Lipinski definition) is 2. The Kier molecular flexibility index (Phi) is 7.41. The number of benzene rings is 1. The second-order valence-electron chi connectivity index (χ2n) is 9.28. The minimum atomic E-state index is -4.83. The minimum Gasteiger partial charge on any atom is -0.491 e. The van der Waals surface area contributed by atoms with E-state index >= 15 is 4.39 Å². The molecule has 0 saturated carbocycles. The molecule has 0 aliphatic carbocycles. The number of halogens is 4. The van der Waals surface area contributed by atoms with Crippen LogP contribution >= 0.6 is 0 Å². The van der Waals surface area contributed by atoms with Crippen molar-refractivity contribution < 1.29 is 22.3 Å². The van der Waals surface area contributed by atoms with E-state index < -0.39 is 34.4 Å². The first-order chi connectivity index (χ1) is 19.2. The maximum atomic E-state index is 15.2. The Morgan fingerprint density at radius 2 is 1.95 bits per heavy atom. The molecule has 0 amide bonds. The number of fused-ring (bicyclic) bond motifs is 1. The molecule has 1 aliphatic rings. The van der Waals surface area contributed by atoms with Gasteiger partial charge in [0.05, 0.1) is 36.1 Å². The highest BCUT2D eigenvalue weighted by molar-refractivity contribution is 5.86. The zero-order valence-electron chi connectivity index (χ0n) is 21.4. The number of hydrogen-bond acceptors (Lipinski definition) is 8. The second kappa shape index (κ2) is 10.9. The lowest BCUT2D eigenvalue weighted by Crippen LogP contribution is -2.38. The predicted molar refractivity (Wildman–Crippen MR) is 140 cm³/mol. The van der Waals surface area contributed by atoms with Crippen molar-refractivity contribution in [1.82, 2.24) is 24.7 Å². The third-order valence-electron chi connectivity index (χ3n) is 6.70. The SMILES string of the molecule is COc1cnc(-c2cc3ccn(CCCCNc4cn[nH]c(=O)c4C(F)(F)F)c(=O)c3cc2F)nc1N1CCC1. The molecule has 1 aliphatic heterocycles. The molecule has 40 heavy (non-hydrogen) atoms. The first-order valence-electron chi connectivity index (χ1n) is 12.5. The highest BCUT2D eigenvalue weighted by Crippen LogP contribution is 2.33.